The predicted molar refractivity (Wildman–Crippen MR) is 92.5 cm³/mol. The minimum atomic E-state index is 0.493. The van der Waals surface area contributed by atoms with E-state index in [1.54, 1.807) is 23.6 Å². The molecule has 2 aromatic rings. The van der Waals surface area contributed by atoms with Crippen molar-refractivity contribution in [3.63, 3.8) is 0 Å². The van der Waals surface area contributed by atoms with Crippen LogP contribution >= 0.6 is 22.9 Å². The van der Waals surface area contributed by atoms with Crippen molar-refractivity contribution >= 4 is 28.9 Å². The lowest BCUT2D eigenvalue weighted by molar-refractivity contribution is 0.809. The molecule has 0 saturated heterocycles. The largest absolute Gasteiger partial charge is 0.357 e. The smallest absolute Gasteiger partial charge is 0.191 e. The zero-order valence-corrected chi connectivity index (χ0v) is 14.6. The van der Waals surface area contributed by atoms with Crippen molar-refractivity contribution in [2.45, 2.75) is 33.9 Å². The highest BCUT2D eigenvalue weighted by atomic mass is 35.5. The first-order chi connectivity index (χ1) is 10.6. The van der Waals surface area contributed by atoms with Crippen LogP contribution in [0, 0.1) is 13.8 Å². The second-order valence-corrected chi connectivity index (χ2v) is 6.46. The molecule has 2 aromatic heterocycles. The predicted octanol–water partition coefficient (Wildman–Crippen LogP) is 3.06. The molecule has 0 bridgehead atoms. The second-order valence-electron chi connectivity index (χ2n) is 4.79. The second kappa shape index (κ2) is 8.10. The lowest BCUT2D eigenvalue weighted by atomic mass is 10.3. The Morgan fingerprint density at radius 2 is 2.14 bits per heavy atom. The number of nitrogens with one attached hydrogen (secondary N) is 2. The molecule has 5 nitrogen and oxygen atoms in total. The average molecular weight is 338 g/mol. The molecule has 22 heavy (non-hydrogen) atoms. The Kier molecular flexibility index (Phi) is 6.15. The molecule has 0 aliphatic carbocycles. The molecular formula is C15H20ClN5S. The third kappa shape index (κ3) is 4.96. The first-order valence-corrected chi connectivity index (χ1v) is 8.33. The van der Waals surface area contributed by atoms with E-state index in [0.29, 0.717) is 18.2 Å². The van der Waals surface area contributed by atoms with Gasteiger partial charge in [-0.25, -0.2) is 15.0 Å². The zero-order valence-electron chi connectivity index (χ0n) is 13.0. The summed E-state index contributed by atoms with van der Waals surface area (Å²) in [5.74, 6) is 0.767. The third-order valence-corrected chi connectivity index (χ3v) is 4.33. The molecule has 0 atom stereocenters. The molecule has 0 aromatic carbocycles. The fourth-order valence-electron chi connectivity index (χ4n) is 1.79. The molecule has 0 radical (unpaired) electrons. The van der Waals surface area contributed by atoms with Crippen LogP contribution in [0.3, 0.4) is 0 Å². The first-order valence-electron chi connectivity index (χ1n) is 7.14. The Morgan fingerprint density at radius 1 is 1.32 bits per heavy atom. The Bertz CT molecular complexity index is 616. The Labute approximate surface area is 139 Å². The topological polar surface area (TPSA) is 62.2 Å². The van der Waals surface area contributed by atoms with Crippen LogP contribution < -0.4 is 10.6 Å². The molecule has 0 aliphatic rings. The summed E-state index contributed by atoms with van der Waals surface area (Å²) in [6.45, 7) is 8.18. The zero-order chi connectivity index (χ0) is 15.9. The van der Waals surface area contributed by atoms with E-state index in [0.717, 1.165) is 28.8 Å². The molecule has 2 N–H and O–H groups in total. The third-order valence-electron chi connectivity index (χ3n) is 3.03. The Balaban J connectivity index is 1.96. The summed E-state index contributed by atoms with van der Waals surface area (Å²) in [7, 11) is 0. The molecule has 2 rings (SSSR count). The summed E-state index contributed by atoms with van der Waals surface area (Å²) >= 11 is 7.49. The number of aryl methyl sites for hydroxylation is 2. The number of rotatable bonds is 5. The van der Waals surface area contributed by atoms with Gasteiger partial charge in [0, 0.05) is 17.6 Å². The SMILES string of the molecule is CCNC(=NCc1ccc(Cl)nc1)NCc1nc(C)c(C)s1. The lowest BCUT2D eigenvalue weighted by Crippen LogP contribution is -2.36. The minimum absolute atomic E-state index is 0.493. The number of hydrogen-bond donors (Lipinski definition) is 2. The molecule has 0 saturated carbocycles. The summed E-state index contributed by atoms with van der Waals surface area (Å²) in [6.07, 6.45) is 1.74. The molecule has 0 aliphatic heterocycles. The van der Waals surface area contributed by atoms with Gasteiger partial charge < -0.3 is 10.6 Å². The van der Waals surface area contributed by atoms with Gasteiger partial charge in [-0.3, -0.25) is 0 Å². The van der Waals surface area contributed by atoms with E-state index in [1.165, 1.54) is 4.88 Å². The maximum atomic E-state index is 5.78. The van der Waals surface area contributed by atoms with Gasteiger partial charge >= 0.3 is 0 Å². The maximum Gasteiger partial charge on any atom is 0.191 e. The standard InChI is InChI=1S/C15H20ClN5S/c1-4-17-15(19-8-12-5-6-13(16)18-7-12)20-9-14-21-10(2)11(3)22-14/h5-7H,4,8-9H2,1-3H3,(H2,17,19,20). The molecule has 118 valence electrons. The van der Waals surface area contributed by atoms with Gasteiger partial charge in [0.25, 0.3) is 0 Å². The van der Waals surface area contributed by atoms with Crippen molar-refractivity contribution < 1.29 is 0 Å². The van der Waals surface area contributed by atoms with E-state index < -0.39 is 0 Å². The lowest BCUT2D eigenvalue weighted by Gasteiger charge is -2.10. The van der Waals surface area contributed by atoms with Crippen molar-refractivity contribution in [2.75, 3.05) is 6.54 Å². The summed E-state index contributed by atoms with van der Waals surface area (Å²) < 4.78 is 0. The van der Waals surface area contributed by atoms with Crippen LogP contribution in [0.25, 0.3) is 0 Å². The summed E-state index contributed by atoms with van der Waals surface area (Å²) in [4.78, 5) is 14.4. The van der Waals surface area contributed by atoms with Gasteiger partial charge in [-0.1, -0.05) is 17.7 Å². The summed E-state index contributed by atoms with van der Waals surface area (Å²) in [5.41, 5.74) is 2.11. The van der Waals surface area contributed by atoms with Gasteiger partial charge in [0.15, 0.2) is 5.96 Å². The fraction of sp³-hybridized carbons (Fsp3) is 0.400. The number of hydrogen-bond acceptors (Lipinski definition) is 4. The number of halogens is 1. The van der Waals surface area contributed by atoms with Crippen LogP contribution in [0.1, 0.15) is 28.1 Å². The number of pyridine rings is 1. The van der Waals surface area contributed by atoms with Gasteiger partial charge in [0.2, 0.25) is 0 Å². The van der Waals surface area contributed by atoms with E-state index in [1.807, 2.05) is 19.9 Å². The fourth-order valence-corrected chi connectivity index (χ4v) is 2.77. The van der Waals surface area contributed by atoms with Crippen molar-refractivity contribution in [3.05, 3.63) is 44.6 Å². The average Bonchev–Trinajstić information content (AvgIpc) is 2.82. The van der Waals surface area contributed by atoms with Gasteiger partial charge in [-0.05, 0) is 32.4 Å². The van der Waals surface area contributed by atoms with Crippen molar-refractivity contribution in [1.29, 1.82) is 0 Å². The highest BCUT2D eigenvalue weighted by molar-refractivity contribution is 7.11. The molecule has 0 amide bonds. The van der Waals surface area contributed by atoms with Gasteiger partial charge in [-0.2, -0.15) is 0 Å². The van der Waals surface area contributed by atoms with Gasteiger partial charge in [0.05, 0.1) is 18.8 Å². The number of aliphatic imine (C=N–C) groups is 1. The van der Waals surface area contributed by atoms with E-state index >= 15 is 0 Å². The molecule has 7 heteroatoms. The molecule has 0 unspecified atom stereocenters. The van der Waals surface area contributed by atoms with E-state index in [-0.39, 0.29) is 0 Å². The van der Waals surface area contributed by atoms with Gasteiger partial charge in [-0.15, -0.1) is 11.3 Å². The normalized spacial score (nSPS) is 11.5. The van der Waals surface area contributed by atoms with Gasteiger partial charge in [0.1, 0.15) is 10.2 Å². The quantitative estimate of drug-likeness (QED) is 0.500. The van der Waals surface area contributed by atoms with Crippen LogP contribution in [0.15, 0.2) is 23.3 Å². The van der Waals surface area contributed by atoms with Crippen molar-refractivity contribution in [2.24, 2.45) is 4.99 Å². The molecule has 0 fully saturated rings. The summed E-state index contributed by atoms with van der Waals surface area (Å²) in [6, 6.07) is 3.70. The number of nitrogens with zero attached hydrogens (tertiary/aromatic N) is 3. The molecular weight excluding hydrogens is 318 g/mol. The molecule has 0 spiro atoms. The Morgan fingerprint density at radius 3 is 2.73 bits per heavy atom. The highest BCUT2D eigenvalue weighted by Gasteiger charge is 2.04. The Hall–Kier alpha value is -1.66. The maximum absolute atomic E-state index is 5.78. The van der Waals surface area contributed by atoms with Crippen molar-refractivity contribution in [1.82, 2.24) is 20.6 Å². The van der Waals surface area contributed by atoms with Crippen LogP contribution in [0.2, 0.25) is 5.15 Å². The van der Waals surface area contributed by atoms with Crippen LogP contribution in [0.4, 0.5) is 0 Å². The van der Waals surface area contributed by atoms with Crippen LogP contribution in [-0.4, -0.2) is 22.5 Å². The van der Waals surface area contributed by atoms with Crippen LogP contribution in [-0.2, 0) is 13.1 Å². The number of guanidine groups is 1. The monoisotopic (exact) mass is 337 g/mol. The first kappa shape index (κ1) is 16.7. The number of aromatic nitrogens is 2. The van der Waals surface area contributed by atoms with Crippen LogP contribution in [0.5, 0.6) is 0 Å². The van der Waals surface area contributed by atoms with E-state index in [2.05, 4.69) is 32.5 Å². The van der Waals surface area contributed by atoms with E-state index in [4.69, 9.17) is 11.6 Å². The summed E-state index contributed by atoms with van der Waals surface area (Å²) in [5, 5.41) is 8.08. The molecule has 2 heterocycles. The van der Waals surface area contributed by atoms with Crippen molar-refractivity contribution in [3.8, 4) is 0 Å². The number of thiazole rings is 1. The minimum Gasteiger partial charge on any atom is -0.357 e. The van der Waals surface area contributed by atoms with E-state index in [9.17, 15) is 0 Å². The highest BCUT2D eigenvalue weighted by Crippen LogP contribution is 2.15.